The molecule has 0 spiro atoms. The van der Waals surface area contributed by atoms with E-state index in [4.69, 9.17) is 9.84 Å². The zero-order chi connectivity index (χ0) is 10.6. The zero-order valence-corrected chi connectivity index (χ0v) is 7.77. The highest BCUT2D eigenvalue weighted by atomic mass is 16.5. The molecular weight excluding hydrogens is 186 g/mol. The molecule has 0 saturated carbocycles. The average molecular weight is 197 g/mol. The van der Waals surface area contributed by atoms with Crippen LogP contribution >= 0.6 is 0 Å². The van der Waals surface area contributed by atoms with Crippen LogP contribution in [0.2, 0.25) is 0 Å². The van der Waals surface area contributed by atoms with E-state index in [-0.39, 0.29) is 6.54 Å². The zero-order valence-electron chi connectivity index (χ0n) is 7.77. The molecule has 14 heavy (non-hydrogen) atoms. The normalized spacial score (nSPS) is 10.1. The standard InChI is InChI=1S/C9H11NO4/c1-14-6-8-3-2-7(5-11)10(8)4-9(12)13/h2-3,5H,4,6H2,1H3,(H,12,13). The van der Waals surface area contributed by atoms with Crippen molar-refractivity contribution >= 4 is 12.3 Å². The van der Waals surface area contributed by atoms with Crippen molar-refractivity contribution in [2.45, 2.75) is 13.2 Å². The third-order valence-electron chi connectivity index (χ3n) is 1.81. The first-order chi connectivity index (χ1) is 6.69. The monoisotopic (exact) mass is 197 g/mol. The fourth-order valence-electron chi connectivity index (χ4n) is 1.23. The number of aldehydes is 1. The molecule has 0 radical (unpaired) electrons. The summed E-state index contributed by atoms with van der Waals surface area (Å²) < 4.78 is 6.29. The second kappa shape index (κ2) is 4.57. The second-order valence-corrected chi connectivity index (χ2v) is 2.78. The van der Waals surface area contributed by atoms with Crippen molar-refractivity contribution in [3.05, 3.63) is 23.5 Å². The average Bonchev–Trinajstić information content (AvgIpc) is 2.48. The SMILES string of the molecule is COCc1ccc(C=O)n1CC(=O)O. The Morgan fingerprint density at radius 1 is 1.64 bits per heavy atom. The molecule has 1 N–H and O–H groups in total. The highest BCUT2D eigenvalue weighted by molar-refractivity contribution is 5.75. The van der Waals surface area contributed by atoms with E-state index < -0.39 is 5.97 Å². The number of methoxy groups -OCH3 is 1. The maximum Gasteiger partial charge on any atom is 0.323 e. The summed E-state index contributed by atoms with van der Waals surface area (Å²) in [6.07, 6.45) is 0.627. The summed E-state index contributed by atoms with van der Waals surface area (Å²) in [5.74, 6) is -0.985. The van der Waals surface area contributed by atoms with Gasteiger partial charge in [0.05, 0.1) is 12.3 Å². The number of rotatable bonds is 5. The minimum atomic E-state index is -0.985. The van der Waals surface area contributed by atoms with Gasteiger partial charge in [-0.05, 0) is 12.1 Å². The quantitative estimate of drug-likeness (QED) is 0.699. The Balaban J connectivity index is 2.99. The highest BCUT2D eigenvalue weighted by Crippen LogP contribution is 2.08. The number of ether oxygens (including phenoxy) is 1. The van der Waals surface area contributed by atoms with Crippen molar-refractivity contribution < 1.29 is 19.4 Å². The lowest BCUT2D eigenvalue weighted by molar-refractivity contribution is -0.137. The van der Waals surface area contributed by atoms with Gasteiger partial charge < -0.3 is 14.4 Å². The van der Waals surface area contributed by atoms with E-state index in [2.05, 4.69) is 0 Å². The van der Waals surface area contributed by atoms with Gasteiger partial charge in [-0.25, -0.2) is 0 Å². The largest absolute Gasteiger partial charge is 0.480 e. The van der Waals surface area contributed by atoms with Crippen LogP contribution in [0.25, 0.3) is 0 Å². The van der Waals surface area contributed by atoms with Crippen molar-refractivity contribution in [3.8, 4) is 0 Å². The number of carbonyl (C=O) groups is 2. The summed E-state index contributed by atoms with van der Waals surface area (Å²) in [7, 11) is 1.51. The van der Waals surface area contributed by atoms with Crippen molar-refractivity contribution in [1.29, 1.82) is 0 Å². The van der Waals surface area contributed by atoms with E-state index in [1.54, 1.807) is 12.1 Å². The molecule has 0 atom stereocenters. The van der Waals surface area contributed by atoms with E-state index in [1.807, 2.05) is 0 Å². The van der Waals surface area contributed by atoms with Gasteiger partial charge in [-0.3, -0.25) is 9.59 Å². The molecule has 0 unspecified atom stereocenters. The summed E-state index contributed by atoms with van der Waals surface area (Å²) in [6.45, 7) is 0.0703. The molecule has 0 bridgehead atoms. The molecule has 0 aliphatic heterocycles. The number of hydrogen-bond acceptors (Lipinski definition) is 3. The van der Waals surface area contributed by atoms with Crippen LogP contribution in [0.4, 0.5) is 0 Å². The van der Waals surface area contributed by atoms with Crippen LogP contribution in [0.3, 0.4) is 0 Å². The molecule has 1 rings (SSSR count). The first kappa shape index (κ1) is 10.5. The van der Waals surface area contributed by atoms with Crippen LogP contribution in [0.1, 0.15) is 16.2 Å². The van der Waals surface area contributed by atoms with Gasteiger partial charge in [-0.2, -0.15) is 0 Å². The van der Waals surface area contributed by atoms with E-state index in [1.165, 1.54) is 11.7 Å². The Kier molecular flexibility index (Phi) is 3.41. The first-order valence-corrected chi connectivity index (χ1v) is 4.03. The van der Waals surface area contributed by atoms with Crippen LogP contribution in [0, 0.1) is 0 Å². The summed E-state index contributed by atoms with van der Waals surface area (Å²) in [5, 5.41) is 8.62. The molecule has 5 heteroatoms. The summed E-state index contributed by atoms with van der Waals surface area (Å²) in [4.78, 5) is 21.1. The molecule has 0 fully saturated rings. The lowest BCUT2D eigenvalue weighted by atomic mass is 10.4. The van der Waals surface area contributed by atoms with Crippen LogP contribution in [-0.2, 0) is 22.7 Å². The minimum Gasteiger partial charge on any atom is -0.480 e. The smallest absolute Gasteiger partial charge is 0.323 e. The third-order valence-corrected chi connectivity index (χ3v) is 1.81. The molecule has 0 amide bonds. The van der Waals surface area contributed by atoms with Gasteiger partial charge in [-0.15, -0.1) is 0 Å². The van der Waals surface area contributed by atoms with Crippen LogP contribution in [0.5, 0.6) is 0 Å². The number of carbonyl (C=O) groups excluding carboxylic acids is 1. The summed E-state index contributed by atoms with van der Waals surface area (Å²) >= 11 is 0. The molecule has 1 heterocycles. The molecule has 1 aromatic rings. The van der Waals surface area contributed by atoms with Gasteiger partial charge in [0.2, 0.25) is 0 Å². The molecule has 0 aromatic carbocycles. The van der Waals surface area contributed by atoms with Crippen molar-refractivity contribution in [1.82, 2.24) is 4.57 Å². The second-order valence-electron chi connectivity index (χ2n) is 2.78. The maximum absolute atomic E-state index is 10.6. The van der Waals surface area contributed by atoms with Gasteiger partial charge in [0, 0.05) is 12.8 Å². The Hall–Kier alpha value is -1.62. The number of hydrogen-bond donors (Lipinski definition) is 1. The number of carboxylic acid groups (broad SMARTS) is 1. The lowest BCUT2D eigenvalue weighted by Gasteiger charge is -2.06. The third kappa shape index (κ3) is 2.20. The Morgan fingerprint density at radius 3 is 2.86 bits per heavy atom. The van der Waals surface area contributed by atoms with Crippen molar-refractivity contribution in [3.63, 3.8) is 0 Å². The highest BCUT2D eigenvalue weighted by Gasteiger charge is 2.09. The Bertz CT molecular complexity index is 343. The molecule has 5 nitrogen and oxygen atoms in total. The molecule has 0 aliphatic carbocycles. The molecule has 1 aromatic heterocycles. The van der Waals surface area contributed by atoms with Crippen molar-refractivity contribution in [2.75, 3.05) is 7.11 Å². The number of aromatic nitrogens is 1. The van der Waals surface area contributed by atoms with Gasteiger partial charge in [-0.1, -0.05) is 0 Å². The van der Waals surface area contributed by atoms with E-state index in [9.17, 15) is 9.59 Å². The lowest BCUT2D eigenvalue weighted by Crippen LogP contribution is -2.14. The summed E-state index contributed by atoms with van der Waals surface area (Å²) in [6, 6.07) is 3.25. The van der Waals surface area contributed by atoms with E-state index in [0.29, 0.717) is 24.3 Å². The molecule has 0 aliphatic rings. The molecular formula is C9H11NO4. The molecule has 76 valence electrons. The van der Waals surface area contributed by atoms with E-state index in [0.717, 1.165) is 0 Å². The first-order valence-electron chi connectivity index (χ1n) is 4.03. The van der Waals surface area contributed by atoms with Crippen LogP contribution in [-0.4, -0.2) is 29.0 Å². The topological polar surface area (TPSA) is 68.5 Å². The van der Waals surface area contributed by atoms with E-state index >= 15 is 0 Å². The Labute approximate surface area is 80.9 Å². The fourth-order valence-corrected chi connectivity index (χ4v) is 1.23. The van der Waals surface area contributed by atoms with Gasteiger partial charge >= 0.3 is 5.97 Å². The number of aliphatic carboxylic acids is 1. The van der Waals surface area contributed by atoms with Gasteiger partial charge in [0.1, 0.15) is 6.54 Å². The van der Waals surface area contributed by atoms with Gasteiger partial charge in [0.25, 0.3) is 0 Å². The van der Waals surface area contributed by atoms with Crippen LogP contribution < -0.4 is 0 Å². The minimum absolute atomic E-state index is 0.222. The van der Waals surface area contributed by atoms with Crippen molar-refractivity contribution in [2.24, 2.45) is 0 Å². The predicted octanol–water partition coefficient (Wildman–Crippen LogP) is 0.532. The predicted molar refractivity (Wildman–Crippen MR) is 48.2 cm³/mol. The Morgan fingerprint density at radius 2 is 2.36 bits per heavy atom. The maximum atomic E-state index is 10.6. The number of nitrogens with zero attached hydrogens (tertiary/aromatic N) is 1. The van der Waals surface area contributed by atoms with Gasteiger partial charge in [0.15, 0.2) is 6.29 Å². The molecule has 0 saturated heterocycles. The van der Waals surface area contributed by atoms with Crippen LogP contribution in [0.15, 0.2) is 12.1 Å². The fraction of sp³-hybridized carbons (Fsp3) is 0.333. The number of carboxylic acids is 1. The summed E-state index contributed by atoms with van der Waals surface area (Å²) in [5.41, 5.74) is 1.02.